The zero-order valence-electron chi connectivity index (χ0n) is 20.8. The predicted molar refractivity (Wildman–Crippen MR) is 171 cm³/mol. The van der Waals surface area contributed by atoms with Crippen molar-refractivity contribution < 1.29 is 0 Å². The smallest absolute Gasteiger partial charge is 0.0221 e. The van der Waals surface area contributed by atoms with E-state index in [2.05, 4.69) is 118 Å². The number of hydrogen-bond donors (Lipinski definition) is 0. The second-order valence-electron chi connectivity index (χ2n) is 10.2. The van der Waals surface area contributed by atoms with Crippen molar-refractivity contribution in [2.24, 2.45) is 0 Å². The monoisotopic (exact) mass is 734 g/mol. The molecule has 1 atom stereocenters. The lowest BCUT2D eigenvalue weighted by atomic mass is 9.67. The molecule has 4 heteroatoms. The summed E-state index contributed by atoms with van der Waals surface area (Å²) in [5.74, 6) is 0.483. The molecule has 0 saturated carbocycles. The van der Waals surface area contributed by atoms with Gasteiger partial charge in [0.15, 0.2) is 0 Å². The van der Waals surface area contributed by atoms with Crippen molar-refractivity contribution in [3.8, 4) is 22.3 Å². The van der Waals surface area contributed by atoms with Gasteiger partial charge in [-0.1, -0.05) is 118 Å². The minimum Gasteiger partial charge on any atom is -0.0928 e. The lowest BCUT2D eigenvalue weighted by Gasteiger charge is -2.36. The minimum absolute atomic E-state index is 0.0785. The third-order valence-corrected chi connectivity index (χ3v) is 10.5. The van der Waals surface area contributed by atoms with Crippen molar-refractivity contribution in [2.45, 2.75) is 62.7 Å². The van der Waals surface area contributed by atoms with E-state index in [9.17, 15) is 0 Å². The van der Waals surface area contributed by atoms with Crippen molar-refractivity contribution in [3.05, 3.63) is 82.4 Å². The maximum atomic E-state index is 3.80. The molecule has 36 heavy (non-hydrogen) atoms. The molecule has 0 saturated heterocycles. The molecule has 0 aliphatic heterocycles. The maximum Gasteiger partial charge on any atom is 0.0221 e. The number of alkyl halides is 4. The van der Waals surface area contributed by atoms with E-state index in [1.54, 1.807) is 22.3 Å². The number of benzene rings is 3. The fourth-order valence-corrected chi connectivity index (χ4v) is 8.25. The lowest BCUT2D eigenvalue weighted by Crippen LogP contribution is -2.29. The summed E-state index contributed by atoms with van der Waals surface area (Å²) in [5.41, 5.74) is 14.1. The van der Waals surface area contributed by atoms with E-state index in [4.69, 9.17) is 0 Å². The van der Waals surface area contributed by atoms with Crippen LogP contribution >= 0.6 is 63.7 Å². The van der Waals surface area contributed by atoms with E-state index < -0.39 is 0 Å². The molecule has 0 radical (unpaired) electrons. The zero-order chi connectivity index (χ0) is 25.1. The van der Waals surface area contributed by atoms with Crippen LogP contribution < -0.4 is 0 Å². The molecule has 190 valence electrons. The lowest BCUT2D eigenvalue weighted by molar-refractivity contribution is 0.432. The largest absolute Gasteiger partial charge is 0.0928 e. The van der Waals surface area contributed by atoms with Crippen molar-refractivity contribution >= 4 is 63.7 Å². The van der Waals surface area contributed by atoms with E-state index in [-0.39, 0.29) is 5.41 Å². The average molecular weight is 738 g/mol. The number of aryl methyl sites for hydroxylation is 1. The Labute approximate surface area is 250 Å². The first-order valence-corrected chi connectivity index (χ1v) is 17.8. The van der Waals surface area contributed by atoms with Gasteiger partial charge in [-0.2, -0.15) is 0 Å². The van der Waals surface area contributed by atoms with Gasteiger partial charge < -0.3 is 0 Å². The summed E-state index contributed by atoms with van der Waals surface area (Å²) in [6.45, 7) is 0. The van der Waals surface area contributed by atoms with Crippen molar-refractivity contribution in [1.82, 2.24) is 0 Å². The third kappa shape index (κ3) is 4.65. The van der Waals surface area contributed by atoms with Crippen LogP contribution in [0, 0.1) is 0 Å². The first kappa shape index (κ1) is 27.2. The quantitative estimate of drug-likeness (QED) is 0.162. The molecule has 0 N–H and O–H groups in total. The van der Waals surface area contributed by atoms with Crippen LogP contribution in [0.5, 0.6) is 0 Å². The molecular weight excluding hydrogens is 704 g/mol. The standard InChI is InChI=1S/C32H34Br4/c33-18-4-9-22-8-3-12-27-28-15-14-26-24-11-2-1-10-23(24)25(13-5-19-34)29(26)31(28)32(30(22)27,16-6-20-35)17-7-21-36/h1-3,8,10-12,14-15,25H,4-7,9,13,16-21H2. The van der Waals surface area contributed by atoms with Gasteiger partial charge in [0.1, 0.15) is 0 Å². The number of rotatable bonds is 12. The van der Waals surface area contributed by atoms with E-state index in [0.717, 1.165) is 27.7 Å². The van der Waals surface area contributed by atoms with E-state index in [1.165, 1.54) is 72.8 Å². The van der Waals surface area contributed by atoms with Crippen LogP contribution in [-0.4, -0.2) is 21.3 Å². The molecule has 0 spiro atoms. The zero-order valence-corrected chi connectivity index (χ0v) is 27.1. The molecule has 0 bridgehead atoms. The molecule has 3 aromatic rings. The van der Waals surface area contributed by atoms with Gasteiger partial charge in [0.05, 0.1) is 0 Å². The molecule has 0 nitrogen and oxygen atoms in total. The van der Waals surface area contributed by atoms with Crippen LogP contribution in [0.4, 0.5) is 0 Å². The Morgan fingerprint density at radius 3 is 1.94 bits per heavy atom. The van der Waals surface area contributed by atoms with Crippen LogP contribution in [0.25, 0.3) is 22.3 Å². The Morgan fingerprint density at radius 2 is 1.22 bits per heavy atom. The molecule has 0 aromatic heterocycles. The molecule has 2 aliphatic rings. The van der Waals surface area contributed by atoms with Gasteiger partial charge in [-0.05, 0) is 101 Å². The summed E-state index contributed by atoms with van der Waals surface area (Å²) in [6, 6.07) is 21.3. The SMILES string of the molecule is BrCCCc1cccc2c1C(CCCBr)(CCCBr)c1c-2ccc2c1C(CCCBr)c1ccccc1-2. The van der Waals surface area contributed by atoms with Gasteiger partial charge in [-0.25, -0.2) is 0 Å². The van der Waals surface area contributed by atoms with E-state index in [1.807, 2.05) is 0 Å². The summed E-state index contributed by atoms with van der Waals surface area (Å²) in [7, 11) is 0. The summed E-state index contributed by atoms with van der Waals surface area (Å²) in [6.07, 6.45) is 9.50. The van der Waals surface area contributed by atoms with Crippen LogP contribution in [0.3, 0.4) is 0 Å². The highest BCUT2D eigenvalue weighted by Gasteiger charge is 2.47. The fourth-order valence-electron chi connectivity index (χ4n) is 7.08. The van der Waals surface area contributed by atoms with Gasteiger partial charge >= 0.3 is 0 Å². The van der Waals surface area contributed by atoms with Crippen LogP contribution in [-0.2, 0) is 11.8 Å². The van der Waals surface area contributed by atoms with Crippen molar-refractivity contribution in [1.29, 1.82) is 0 Å². The molecule has 0 amide bonds. The first-order chi connectivity index (χ1) is 17.7. The maximum absolute atomic E-state index is 3.80. The van der Waals surface area contributed by atoms with Gasteiger partial charge in [0.25, 0.3) is 0 Å². The molecular formula is C32H34Br4. The highest BCUT2D eigenvalue weighted by Crippen LogP contribution is 2.61. The molecule has 0 heterocycles. The Morgan fingerprint density at radius 1 is 0.583 bits per heavy atom. The Balaban J connectivity index is 1.80. The van der Waals surface area contributed by atoms with Gasteiger partial charge in [-0.15, -0.1) is 0 Å². The first-order valence-electron chi connectivity index (χ1n) is 13.3. The highest BCUT2D eigenvalue weighted by molar-refractivity contribution is 9.09. The normalized spacial score (nSPS) is 16.5. The summed E-state index contributed by atoms with van der Waals surface area (Å²) < 4.78 is 0. The van der Waals surface area contributed by atoms with Gasteiger partial charge in [0.2, 0.25) is 0 Å². The Bertz CT molecular complexity index is 1210. The number of hydrogen-bond acceptors (Lipinski definition) is 0. The summed E-state index contributed by atoms with van der Waals surface area (Å²) in [5, 5.41) is 4.23. The molecule has 3 aromatic carbocycles. The van der Waals surface area contributed by atoms with Crippen molar-refractivity contribution in [3.63, 3.8) is 0 Å². The van der Waals surface area contributed by atoms with Crippen molar-refractivity contribution in [2.75, 3.05) is 21.3 Å². The molecule has 2 aliphatic carbocycles. The average Bonchev–Trinajstić information content (AvgIpc) is 3.39. The van der Waals surface area contributed by atoms with Gasteiger partial charge in [0, 0.05) is 32.7 Å². The number of halogens is 4. The van der Waals surface area contributed by atoms with Crippen LogP contribution in [0.1, 0.15) is 78.7 Å². The Hall–Kier alpha value is -0.420. The van der Waals surface area contributed by atoms with E-state index in [0.29, 0.717) is 5.92 Å². The minimum atomic E-state index is 0.0785. The number of fused-ring (bicyclic) bond motifs is 7. The third-order valence-electron chi connectivity index (χ3n) is 8.30. The molecule has 5 rings (SSSR count). The predicted octanol–water partition coefficient (Wildman–Crippen LogP) is 10.9. The summed E-state index contributed by atoms with van der Waals surface area (Å²) >= 11 is 15.0. The van der Waals surface area contributed by atoms with Crippen LogP contribution in [0.15, 0.2) is 54.6 Å². The second-order valence-corrected chi connectivity index (χ2v) is 13.4. The Kier molecular flexibility index (Phi) is 9.19. The van der Waals surface area contributed by atoms with Gasteiger partial charge in [-0.3, -0.25) is 0 Å². The second kappa shape index (κ2) is 12.2. The molecule has 1 unspecified atom stereocenters. The highest BCUT2D eigenvalue weighted by atomic mass is 79.9. The van der Waals surface area contributed by atoms with E-state index >= 15 is 0 Å². The van der Waals surface area contributed by atoms with Crippen LogP contribution in [0.2, 0.25) is 0 Å². The molecule has 0 fully saturated rings. The summed E-state index contributed by atoms with van der Waals surface area (Å²) in [4.78, 5) is 0. The topological polar surface area (TPSA) is 0 Å². The fraction of sp³-hybridized carbons (Fsp3) is 0.438.